The molecule has 1 aromatic carbocycles. The van der Waals surface area contributed by atoms with Crippen LogP contribution in [0.25, 0.3) is 0 Å². The Balaban J connectivity index is 2.41. The van der Waals surface area contributed by atoms with E-state index in [1.54, 1.807) is 23.6 Å². The summed E-state index contributed by atoms with van der Waals surface area (Å²) in [6.45, 7) is 6.33. The summed E-state index contributed by atoms with van der Waals surface area (Å²) in [6, 6.07) is 7.86. The average Bonchev–Trinajstić information content (AvgIpc) is 2.66. The highest BCUT2D eigenvalue weighted by Gasteiger charge is 2.23. The van der Waals surface area contributed by atoms with Gasteiger partial charge in [0.15, 0.2) is 0 Å². The molecule has 0 atom stereocenters. The first-order chi connectivity index (χ1) is 9.45. The molecule has 2 rings (SSSR count). The van der Waals surface area contributed by atoms with Gasteiger partial charge in [0.2, 0.25) is 0 Å². The van der Waals surface area contributed by atoms with Crippen LogP contribution in [0.4, 0.5) is 11.4 Å². The average molecular weight is 272 g/mol. The van der Waals surface area contributed by atoms with E-state index < -0.39 is 0 Å². The zero-order valence-electron chi connectivity index (χ0n) is 12.3. The normalized spacial score (nSPS) is 10.6. The molecule has 20 heavy (non-hydrogen) atoms. The molecule has 0 aliphatic heterocycles. The van der Waals surface area contributed by atoms with Gasteiger partial charge in [0.05, 0.1) is 11.4 Å². The molecule has 0 radical (unpaired) electrons. The maximum Gasteiger partial charge on any atom is 0.278 e. The summed E-state index contributed by atoms with van der Waals surface area (Å²) in [7, 11) is 1.74. The molecule has 0 saturated carbocycles. The second kappa shape index (κ2) is 5.36. The fourth-order valence-electron chi connectivity index (χ4n) is 2.22. The minimum atomic E-state index is -0.128. The Morgan fingerprint density at radius 2 is 1.90 bits per heavy atom. The van der Waals surface area contributed by atoms with E-state index in [-0.39, 0.29) is 5.91 Å². The van der Waals surface area contributed by atoms with Gasteiger partial charge in [-0.2, -0.15) is 5.10 Å². The van der Waals surface area contributed by atoms with E-state index in [2.05, 4.69) is 5.10 Å². The van der Waals surface area contributed by atoms with Gasteiger partial charge >= 0.3 is 0 Å². The zero-order valence-corrected chi connectivity index (χ0v) is 12.3. The van der Waals surface area contributed by atoms with E-state index in [4.69, 9.17) is 5.73 Å². The lowest BCUT2D eigenvalue weighted by atomic mass is 10.2. The first-order valence-electron chi connectivity index (χ1n) is 6.63. The first kappa shape index (κ1) is 14.1. The minimum absolute atomic E-state index is 0.128. The highest BCUT2D eigenvalue weighted by molar-refractivity contribution is 6.08. The number of aryl methyl sites for hydroxylation is 3. The van der Waals surface area contributed by atoms with Gasteiger partial charge in [0.1, 0.15) is 5.69 Å². The van der Waals surface area contributed by atoms with Gasteiger partial charge in [-0.3, -0.25) is 9.48 Å². The highest BCUT2D eigenvalue weighted by Crippen LogP contribution is 2.22. The number of nitrogens with zero attached hydrogens (tertiary/aromatic N) is 3. The van der Waals surface area contributed by atoms with Crippen LogP contribution in [0.5, 0.6) is 0 Å². The number of hydrogen-bond acceptors (Lipinski definition) is 3. The van der Waals surface area contributed by atoms with Gasteiger partial charge in [-0.1, -0.05) is 17.7 Å². The van der Waals surface area contributed by atoms with E-state index in [9.17, 15) is 4.79 Å². The van der Waals surface area contributed by atoms with Gasteiger partial charge in [-0.05, 0) is 32.9 Å². The Labute approximate surface area is 119 Å². The Morgan fingerprint density at radius 1 is 1.30 bits per heavy atom. The van der Waals surface area contributed by atoms with Crippen molar-refractivity contribution in [3.05, 3.63) is 41.2 Å². The lowest BCUT2D eigenvalue weighted by Gasteiger charge is -2.21. The van der Waals surface area contributed by atoms with Gasteiger partial charge < -0.3 is 10.6 Å². The van der Waals surface area contributed by atoms with Crippen LogP contribution in [-0.4, -0.2) is 22.2 Å². The topological polar surface area (TPSA) is 64.2 Å². The fourth-order valence-corrected chi connectivity index (χ4v) is 2.22. The molecule has 5 nitrogen and oxygen atoms in total. The molecule has 0 saturated heterocycles. The molecule has 0 unspecified atom stereocenters. The van der Waals surface area contributed by atoms with Crippen molar-refractivity contribution in [2.45, 2.75) is 20.8 Å². The number of carbonyl (C=O) groups excluding carboxylic acids is 1. The van der Waals surface area contributed by atoms with Gasteiger partial charge in [-0.15, -0.1) is 0 Å². The molecule has 106 valence electrons. The van der Waals surface area contributed by atoms with Crippen molar-refractivity contribution < 1.29 is 4.79 Å². The van der Waals surface area contributed by atoms with E-state index in [0.717, 1.165) is 11.3 Å². The maximum absolute atomic E-state index is 12.7. The number of amides is 1. The predicted octanol–water partition coefficient (Wildman–Crippen LogP) is 2.29. The SMILES string of the molecule is CCN(C(=O)c1c(N)c(C)nn1C)c1ccc(C)cc1. The lowest BCUT2D eigenvalue weighted by molar-refractivity contribution is 0.0980. The molecular weight excluding hydrogens is 252 g/mol. The van der Waals surface area contributed by atoms with Crippen LogP contribution in [0.3, 0.4) is 0 Å². The van der Waals surface area contributed by atoms with Crippen LogP contribution in [0.1, 0.15) is 28.7 Å². The molecule has 2 N–H and O–H groups in total. The molecule has 1 aromatic heterocycles. The van der Waals surface area contributed by atoms with Crippen LogP contribution in [0, 0.1) is 13.8 Å². The number of hydrogen-bond donors (Lipinski definition) is 1. The van der Waals surface area contributed by atoms with E-state index >= 15 is 0 Å². The predicted molar refractivity (Wildman–Crippen MR) is 80.9 cm³/mol. The summed E-state index contributed by atoms with van der Waals surface area (Å²) < 4.78 is 1.55. The standard InChI is InChI=1S/C15H20N4O/c1-5-19(12-8-6-10(2)7-9-12)15(20)14-13(16)11(3)17-18(14)4/h6-9H,5,16H2,1-4H3. The Morgan fingerprint density at radius 3 is 2.35 bits per heavy atom. The van der Waals surface area contributed by atoms with Crippen molar-refractivity contribution in [1.29, 1.82) is 0 Å². The second-order valence-electron chi connectivity index (χ2n) is 4.86. The maximum atomic E-state index is 12.7. The fraction of sp³-hybridized carbons (Fsp3) is 0.333. The van der Waals surface area contributed by atoms with E-state index in [1.165, 1.54) is 0 Å². The summed E-state index contributed by atoms with van der Waals surface area (Å²) in [5.41, 5.74) is 9.55. The highest BCUT2D eigenvalue weighted by atomic mass is 16.2. The third-order valence-electron chi connectivity index (χ3n) is 3.38. The van der Waals surface area contributed by atoms with Crippen molar-refractivity contribution in [3.8, 4) is 0 Å². The van der Waals surface area contributed by atoms with Crippen LogP contribution in [-0.2, 0) is 7.05 Å². The molecule has 0 aliphatic carbocycles. The number of aromatic nitrogens is 2. The van der Waals surface area contributed by atoms with E-state index in [1.807, 2.05) is 38.1 Å². The quantitative estimate of drug-likeness (QED) is 0.932. The third-order valence-corrected chi connectivity index (χ3v) is 3.38. The molecular formula is C15H20N4O. The van der Waals surface area contributed by atoms with Crippen molar-refractivity contribution in [2.75, 3.05) is 17.2 Å². The van der Waals surface area contributed by atoms with Crippen molar-refractivity contribution in [3.63, 3.8) is 0 Å². The number of benzene rings is 1. The third kappa shape index (κ3) is 2.39. The van der Waals surface area contributed by atoms with Crippen molar-refractivity contribution in [1.82, 2.24) is 9.78 Å². The first-order valence-corrected chi connectivity index (χ1v) is 6.63. The summed E-state index contributed by atoms with van der Waals surface area (Å²) in [5, 5.41) is 4.20. The summed E-state index contributed by atoms with van der Waals surface area (Å²) in [4.78, 5) is 14.4. The summed E-state index contributed by atoms with van der Waals surface area (Å²) in [6.07, 6.45) is 0. The smallest absolute Gasteiger partial charge is 0.278 e. The molecule has 0 spiro atoms. The Hall–Kier alpha value is -2.30. The minimum Gasteiger partial charge on any atom is -0.395 e. The van der Waals surface area contributed by atoms with E-state index in [0.29, 0.717) is 23.6 Å². The molecule has 5 heteroatoms. The largest absolute Gasteiger partial charge is 0.395 e. The molecule has 1 heterocycles. The Kier molecular flexibility index (Phi) is 3.79. The van der Waals surface area contributed by atoms with Gasteiger partial charge in [-0.25, -0.2) is 0 Å². The Bertz CT molecular complexity index is 628. The molecule has 0 bridgehead atoms. The number of nitrogen functional groups attached to an aromatic ring is 1. The number of rotatable bonds is 3. The number of nitrogens with two attached hydrogens (primary N) is 1. The summed E-state index contributed by atoms with van der Waals surface area (Å²) >= 11 is 0. The van der Waals surface area contributed by atoms with Crippen LogP contribution >= 0.6 is 0 Å². The summed E-state index contributed by atoms with van der Waals surface area (Å²) in [5.74, 6) is -0.128. The van der Waals surface area contributed by atoms with Crippen LogP contribution < -0.4 is 10.6 Å². The van der Waals surface area contributed by atoms with Gasteiger partial charge in [0.25, 0.3) is 5.91 Å². The van der Waals surface area contributed by atoms with Crippen molar-refractivity contribution in [2.24, 2.45) is 7.05 Å². The van der Waals surface area contributed by atoms with Crippen molar-refractivity contribution >= 4 is 17.3 Å². The van der Waals surface area contributed by atoms with Crippen LogP contribution in [0.2, 0.25) is 0 Å². The molecule has 1 amide bonds. The molecule has 2 aromatic rings. The number of carbonyl (C=O) groups is 1. The lowest BCUT2D eigenvalue weighted by Crippen LogP contribution is -2.32. The second-order valence-corrected chi connectivity index (χ2v) is 4.86. The molecule has 0 fully saturated rings. The molecule has 0 aliphatic rings. The monoisotopic (exact) mass is 272 g/mol. The van der Waals surface area contributed by atoms with Gasteiger partial charge in [0, 0.05) is 19.3 Å². The zero-order chi connectivity index (χ0) is 14.9. The number of anilines is 2. The van der Waals surface area contributed by atoms with Crippen LogP contribution in [0.15, 0.2) is 24.3 Å².